The smallest absolute Gasteiger partial charge is 0.185 e. The largest absolute Gasteiger partial charge is 0.348 e. The summed E-state index contributed by atoms with van der Waals surface area (Å²) in [6, 6.07) is 0. The van der Waals surface area contributed by atoms with E-state index in [0.29, 0.717) is 5.41 Å². The van der Waals surface area contributed by atoms with Gasteiger partial charge < -0.3 is 9.71 Å². The lowest BCUT2D eigenvalue weighted by Gasteiger charge is -2.46. The van der Waals surface area contributed by atoms with Gasteiger partial charge in [0.2, 0.25) is 0 Å². The molecule has 2 saturated heterocycles. The molecule has 0 bridgehead atoms. The van der Waals surface area contributed by atoms with Crippen LogP contribution in [-0.2, 0) is 0 Å². The van der Waals surface area contributed by atoms with Crippen molar-refractivity contribution in [2.75, 3.05) is 33.2 Å². The zero-order valence-electron chi connectivity index (χ0n) is 6.93. The molecule has 0 amide bonds. The lowest BCUT2D eigenvalue weighted by atomic mass is 9.77. The molecule has 0 atom stereocenters. The third-order valence-electron chi connectivity index (χ3n) is 2.84. The van der Waals surface area contributed by atoms with Gasteiger partial charge in [-0.1, -0.05) is 0 Å². The van der Waals surface area contributed by atoms with Crippen LogP contribution in [0.2, 0.25) is 0 Å². The van der Waals surface area contributed by atoms with Crippen LogP contribution in [0, 0.1) is 5.41 Å². The summed E-state index contributed by atoms with van der Waals surface area (Å²) < 4.78 is 0. The van der Waals surface area contributed by atoms with Crippen LogP contribution < -0.4 is 0 Å². The molecule has 0 radical (unpaired) electrons. The Labute approximate surface area is 63.6 Å². The van der Waals surface area contributed by atoms with E-state index in [1.807, 2.05) is 0 Å². The van der Waals surface area contributed by atoms with E-state index in [1.165, 1.54) is 32.6 Å². The minimum Gasteiger partial charge on any atom is -0.348 e. The summed E-state index contributed by atoms with van der Waals surface area (Å²) in [5.41, 5.74) is 0.712. The van der Waals surface area contributed by atoms with E-state index in [0.717, 1.165) is 0 Å². The van der Waals surface area contributed by atoms with Crippen LogP contribution in [0.3, 0.4) is 0 Å². The molecule has 2 aliphatic heterocycles. The number of rotatable bonds is 0. The normalized spacial score (nSPS) is 32.9. The Hall–Kier alpha value is -0.0151. The maximum atomic E-state index is 2.45. The summed E-state index contributed by atoms with van der Waals surface area (Å²) in [4.78, 5) is 4.87. The maximum absolute atomic E-state index is 2.45. The van der Waals surface area contributed by atoms with Gasteiger partial charge in [-0.05, 0) is 33.1 Å². The molecule has 0 N–H and O–H groups in total. The van der Waals surface area contributed by atoms with E-state index in [4.69, 9.17) is 0 Å². The molecule has 0 unspecified atom stereocenters. The SMILES string of the molecule is BN1CC2(CCN(C)C2)C1. The third kappa shape index (κ3) is 0.885. The molecular weight excluding hydrogens is 123 g/mol. The van der Waals surface area contributed by atoms with Crippen LogP contribution in [0.4, 0.5) is 0 Å². The van der Waals surface area contributed by atoms with Gasteiger partial charge in [0.1, 0.15) is 0 Å². The molecule has 2 nitrogen and oxygen atoms in total. The summed E-state index contributed by atoms with van der Waals surface area (Å²) in [6.45, 7) is 5.31. The fourth-order valence-corrected chi connectivity index (χ4v) is 2.52. The highest BCUT2D eigenvalue weighted by atomic mass is 15.2. The molecule has 3 heteroatoms. The number of hydrogen-bond donors (Lipinski definition) is 0. The minimum atomic E-state index is 0.712. The molecule has 0 saturated carbocycles. The van der Waals surface area contributed by atoms with Crippen molar-refractivity contribution in [3.05, 3.63) is 0 Å². The molecule has 56 valence electrons. The molecule has 0 aliphatic carbocycles. The number of nitrogens with zero attached hydrogens (tertiary/aromatic N) is 2. The van der Waals surface area contributed by atoms with Crippen molar-refractivity contribution in [2.24, 2.45) is 5.41 Å². The molecular formula is C7H15BN2. The van der Waals surface area contributed by atoms with Crippen LogP contribution in [0.25, 0.3) is 0 Å². The fraction of sp³-hybridized carbons (Fsp3) is 1.00. The molecule has 2 fully saturated rings. The maximum Gasteiger partial charge on any atom is 0.185 e. The van der Waals surface area contributed by atoms with E-state index < -0.39 is 0 Å². The van der Waals surface area contributed by atoms with E-state index >= 15 is 0 Å². The van der Waals surface area contributed by atoms with Gasteiger partial charge >= 0.3 is 0 Å². The van der Waals surface area contributed by atoms with Crippen LogP contribution in [0.1, 0.15) is 6.42 Å². The lowest BCUT2D eigenvalue weighted by Crippen LogP contribution is -2.56. The van der Waals surface area contributed by atoms with Crippen molar-refractivity contribution in [1.82, 2.24) is 9.71 Å². The average molecular weight is 138 g/mol. The van der Waals surface area contributed by atoms with Crippen molar-refractivity contribution in [2.45, 2.75) is 6.42 Å². The first-order valence-corrected chi connectivity index (χ1v) is 4.07. The van der Waals surface area contributed by atoms with Crippen LogP contribution in [-0.4, -0.2) is 50.9 Å². The van der Waals surface area contributed by atoms with Gasteiger partial charge in [-0.2, -0.15) is 0 Å². The Morgan fingerprint density at radius 2 is 2.00 bits per heavy atom. The van der Waals surface area contributed by atoms with Crippen molar-refractivity contribution >= 4 is 7.98 Å². The Bertz CT molecular complexity index is 137. The first-order valence-electron chi connectivity index (χ1n) is 4.07. The summed E-state index contributed by atoms with van der Waals surface area (Å²) in [7, 11) is 4.44. The van der Waals surface area contributed by atoms with Crippen molar-refractivity contribution in [3.63, 3.8) is 0 Å². The van der Waals surface area contributed by atoms with E-state index in [-0.39, 0.29) is 0 Å². The fourth-order valence-electron chi connectivity index (χ4n) is 2.52. The monoisotopic (exact) mass is 138 g/mol. The van der Waals surface area contributed by atoms with Gasteiger partial charge in [-0.3, -0.25) is 0 Å². The first kappa shape index (κ1) is 6.68. The molecule has 1 spiro atoms. The highest BCUT2D eigenvalue weighted by Crippen LogP contribution is 2.37. The molecule has 2 rings (SSSR count). The Kier molecular flexibility index (Phi) is 1.33. The predicted molar refractivity (Wildman–Crippen MR) is 44.7 cm³/mol. The average Bonchev–Trinajstić information content (AvgIpc) is 2.10. The number of hydrogen-bond acceptors (Lipinski definition) is 2. The third-order valence-corrected chi connectivity index (χ3v) is 2.84. The highest BCUT2D eigenvalue weighted by molar-refractivity contribution is 6.05. The molecule has 10 heavy (non-hydrogen) atoms. The second kappa shape index (κ2) is 1.99. The summed E-state index contributed by atoms with van der Waals surface area (Å²) in [6.07, 6.45) is 1.42. The Morgan fingerprint density at radius 1 is 1.30 bits per heavy atom. The first-order chi connectivity index (χ1) is 4.70. The van der Waals surface area contributed by atoms with Gasteiger partial charge in [-0.25, -0.2) is 0 Å². The molecule has 0 aromatic carbocycles. The van der Waals surface area contributed by atoms with E-state index in [2.05, 4.69) is 24.7 Å². The predicted octanol–water partition coefficient (Wildman–Crippen LogP) is -0.828. The summed E-state index contributed by atoms with van der Waals surface area (Å²) in [5.74, 6) is 0. The molecule has 2 heterocycles. The zero-order chi connectivity index (χ0) is 7.19. The van der Waals surface area contributed by atoms with Gasteiger partial charge in [0.25, 0.3) is 0 Å². The van der Waals surface area contributed by atoms with Crippen molar-refractivity contribution in [3.8, 4) is 0 Å². The standard InChI is InChI=1S/C7H15BN2/c1-9-3-2-7(4-9)5-10(8)6-7/h2-6,8H2,1H3. The molecule has 0 aromatic heterocycles. The van der Waals surface area contributed by atoms with Gasteiger partial charge in [-0.15, -0.1) is 0 Å². The Balaban J connectivity index is 1.95. The zero-order valence-corrected chi connectivity index (χ0v) is 6.93. The number of likely N-dealkylation sites (tertiary alicyclic amines) is 1. The van der Waals surface area contributed by atoms with Crippen molar-refractivity contribution in [1.29, 1.82) is 0 Å². The van der Waals surface area contributed by atoms with Gasteiger partial charge in [0.05, 0.1) is 0 Å². The van der Waals surface area contributed by atoms with Gasteiger partial charge in [0.15, 0.2) is 7.98 Å². The summed E-state index contributed by atoms with van der Waals surface area (Å²) in [5, 5.41) is 0. The van der Waals surface area contributed by atoms with Crippen LogP contribution in [0.5, 0.6) is 0 Å². The van der Waals surface area contributed by atoms with Crippen LogP contribution in [0.15, 0.2) is 0 Å². The van der Waals surface area contributed by atoms with E-state index in [1.54, 1.807) is 0 Å². The lowest BCUT2D eigenvalue weighted by molar-refractivity contribution is 0.0835. The Morgan fingerprint density at radius 3 is 2.40 bits per heavy atom. The van der Waals surface area contributed by atoms with Crippen LogP contribution >= 0.6 is 0 Å². The molecule has 0 aromatic rings. The topological polar surface area (TPSA) is 6.48 Å². The quantitative estimate of drug-likeness (QED) is 0.403. The summed E-state index contributed by atoms with van der Waals surface area (Å²) >= 11 is 0. The van der Waals surface area contributed by atoms with Crippen molar-refractivity contribution < 1.29 is 0 Å². The second-order valence-corrected chi connectivity index (χ2v) is 4.16. The van der Waals surface area contributed by atoms with E-state index in [9.17, 15) is 0 Å². The minimum absolute atomic E-state index is 0.712. The van der Waals surface area contributed by atoms with Gasteiger partial charge in [0, 0.05) is 12.0 Å². The molecule has 2 aliphatic rings. The second-order valence-electron chi connectivity index (χ2n) is 4.16. The highest BCUT2D eigenvalue weighted by Gasteiger charge is 2.44.